The SMILES string of the molecule is COc1ccc(C2CC(c3ccccc3)=NN2c2nc(C)c(C(C)=O)s2)cc1. The van der Waals surface area contributed by atoms with E-state index < -0.39 is 0 Å². The van der Waals surface area contributed by atoms with E-state index in [2.05, 4.69) is 29.2 Å². The molecule has 1 atom stereocenters. The van der Waals surface area contributed by atoms with Gasteiger partial charge in [-0.15, -0.1) is 0 Å². The van der Waals surface area contributed by atoms with Crippen LogP contribution in [0.25, 0.3) is 0 Å². The molecule has 1 aromatic heterocycles. The molecule has 0 N–H and O–H groups in total. The van der Waals surface area contributed by atoms with Crippen LogP contribution in [0.2, 0.25) is 0 Å². The number of nitrogens with zero attached hydrogens (tertiary/aromatic N) is 3. The summed E-state index contributed by atoms with van der Waals surface area (Å²) in [6.07, 6.45) is 0.768. The zero-order valence-electron chi connectivity index (χ0n) is 16.0. The lowest BCUT2D eigenvalue weighted by Crippen LogP contribution is -2.18. The average molecular weight is 391 g/mol. The number of benzene rings is 2. The number of ether oxygens (including phenoxy) is 1. The van der Waals surface area contributed by atoms with Gasteiger partial charge in [0.05, 0.1) is 29.4 Å². The van der Waals surface area contributed by atoms with E-state index in [0.717, 1.165) is 39.8 Å². The van der Waals surface area contributed by atoms with Crippen LogP contribution >= 0.6 is 11.3 Å². The number of aryl methyl sites for hydroxylation is 1. The maximum absolute atomic E-state index is 11.9. The number of hydrazone groups is 1. The predicted molar refractivity (Wildman–Crippen MR) is 113 cm³/mol. The second kappa shape index (κ2) is 7.56. The second-order valence-corrected chi connectivity index (χ2v) is 7.70. The molecule has 4 rings (SSSR count). The number of anilines is 1. The number of Topliss-reactive ketones (excluding diaryl/α,β-unsaturated/α-hetero) is 1. The van der Waals surface area contributed by atoms with Crippen LogP contribution in [0.1, 0.15) is 45.9 Å². The summed E-state index contributed by atoms with van der Waals surface area (Å²) in [5, 5.41) is 7.60. The molecule has 1 aliphatic heterocycles. The molecular weight excluding hydrogens is 370 g/mol. The van der Waals surface area contributed by atoms with E-state index in [9.17, 15) is 4.79 Å². The van der Waals surface area contributed by atoms with Crippen molar-refractivity contribution in [1.29, 1.82) is 0 Å². The fourth-order valence-electron chi connectivity index (χ4n) is 3.38. The summed E-state index contributed by atoms with van der Waals surface area (Å²) in [6.45, 7) is 3.45. The molecular formula is C22H21N3O2S. The first-order valence-corrected chi connectivity index (χ1v) is 9.93. The van der Waals surface area contributed by atoms with Crippen LogP contribution in [0.15, 0.2) is 59.7 Å². The molecule has 0 radical (unpaired) electrons. The summed E-state index contributed by atoms with van der Waals surface area (Å²) >= 11 is 1.40. The Morgan fingerprint density at radius 1 is 1.14 bits per heavy atom. The van der Waals surface area contributed by atoms with Crippen LogP contribution in [-0.4, -0.2) is 23.6 Å². The minimum atomic E-state index is 0.0199. The molecule has 0 amide bonds. The molecule has 0 saturated heterocycles. The quantitative estimate of drug-likeness (QED) is 0.573. The third-order valence-corrected chi connectivity index (χ3v) is 6.07. The van der Waals surface area contributed by atoms with Crippen molar-refractivity contribution in [3.8, 4) is 5.75 Å². The third-order valence-electron chi connectivity index (χ3n) is 4.82. The van der Waals surface area contributed by atoms with Gasteiger partial charge >= 0.3 is 0 Å². The van der Waals surface area contributed by atoms with E-state index in [-0.39, 0.29) is 11.8 Å². The molecule has 1 unspecified atom stereocenters. The lowest BCUT2D eigenvalue weighted by Gasteiger charge is -2.21. The van der Waals surface area contributed by atoms with Gasteiger partial charge < -0.3 is 4.74 Å². The molecule has 0 bridgehead atoms. The maximum Gasteiger partial charge on any atom is 0.207 e. The summed E-state index contributed by atoms with van der Waals surface area (Å²) in [7, 11) is 1.66. The van der Waals surface area contributed by atoms with Crippen molar-refractivity contribution in [2.45, 2.75) is 26.3 Å². The van der Waals surface area contributed by atoms with Gasteiger partial charge in [-0.05, 0) is 30.2 Å². The van der Waals surface area contributed by atoms with Gasteiger partial charge in [0, 0.05) is 13.3 Å². The Morgan fingerprint density at radius 2 is 1.86 bits per heavy atom. The zero-order chi connectivity index (χ0) is 19.7. The van der Waals surface area contributed by atoms with Gasteiger partial charge in [-0.25, -0.2) is 9.99 Å². The van der Waals surface area contributed by atoms with E-state index in [1.807, 2.05) is 42.3 Å². The topological polar surface area (TPSA) is 54.8 Å². The maximum atomic E-state index is 11.9. The molecule has 6 heteroatoms. The molecule has 0 saturated carbocycles. The fourth-order valence-corrected chi connectivity index (χ4v) is 4.35. The van der Waals surface area contributed by atoms with E-state index in [0.29, 0.717) is 4.88 Å². The Bertz CT molecular complexity index is 1030. The largest absolute Gasteiger partial charge is 0.497 e. The smallest absolute Gasteiger partial charge is 0.207 e. The number of thiazole rings is 1. The number of ketones is 1. The normalized spacial score (nSPS) is 16.2. The summed E-state index contributed by atoms with van der Waals surface area (Å²) in [5.41, 5.74) is 4.00. The Hall–Kier alpha value is -2.99. The van der Waals surface area contributed by atoms with E-state index in [1.54, 1.807) is 14.0 Å². The summed E-state index contributed by atoms with van der Waals surface area (Å²) in [5.74, 6) is 0.857. The highest BCUT2D eigenvalue weighted by Crippen LogP contribution is 2.39. The van der Waals surface area contributed by atoms with Crippen molar-refractivity contribution >= 4 is 28.0 Å². The number of hydrogen-bond donors (Lipinski definition) is 0. The van der Waals surface area contributed by atoms with Gasteiger partial charge in [0.15, 0.2) is 5.78 Å². The lowest BCUT2D eigenvalue weighted by atomic mass is 9.98. The van der Waals surface area contributed by atoms with Gasteiger partial charge in [-0.2, -0.15) is 5.10 Å². The van der Waals surface area contributed by atoms with Crippen molar-refractivity contribution in [2.24, 2.45) is 5.10 Å². The van der Waals surface area contributed by atoms with Crippen LogP contribution in [0, 0.1) is 6.92 Å². The van der Waals surface area contributed by atoms with Crippen LogP contribution in [0.3, 0.4) is 0 Å². The number of carbonyl (C=O) groups is 1. The molecule has 2 heterocycles. The lowest BCUT2D eigenvalue weighted by molar-refractivity contribution is 0.102. The average Bonchev–Trinajstić information content (AvgIpc) is 3.33. The molecule has 0 fully saturated rings. The highest BCUT2D eigenvalue weighted by Gasteiger charge is 2.32. The molecule has 28 heavy (non-hydrogen) atoms. The van der Waals surface area contributed by atoms with Crippen molar-refractivity contribution in [3.05, 3.63) is 76.3 Å². The monoisotopic (exact) mass is 391 g/mol. The van der Waals surface area contributed by atoms with Gasteiger partial charge in [0.25, 0.3) is 0 Å². The van der Waals surface area contributed by atoms with Crippen LogP contribution in [-0.2, 0) is 0 Å². The first kappa shape index (κ1) is 18.4. The van der Waals surface area contributed by atoms with E-state index in [1.165, 1.54) is 11.3 Å². The number of carbonyl (C=O) groups excluding carboxylic acids is 1. The van der Waals surface area contributed by atoms with Gasteiger partial charge in [0.1, 0.15) is 5.75 Å². The first-order chi connectivity index (χ1) is 13.6. The van der Waals surface area contributed by atoms with E-state index in [4.69, 9.17) is 9.84 Å². The van der Waals surface area contributed by atoms with Crippen molar-refractivity contribution in [3.63, 3.8) is 0 Å². The zero-order valence-corrected chi connectivity index (χ0v) is 16.9. The summed E-state index contributed by atoms with van der Waals surface area (Å²) in [6, 6.07) is 18.2. The molecule has 3 aromatic rings. The van der Waals surface area contributed by atoms with E-state index >= 15 is 0 Å². The van der Waals surface area contributed by atoms with Crippen LogP contribution in [0.5, 0.6) is 5.75 Å². The minimum Gasteiger partial charge on any atom is -0.497 e. The third kappa shape index (κ3) is 3.43. The van der Waals surface area contributed by atoms with Crippen molar-refractivity contribution in [2.75, 3.05) is 12.1 Å². The molecule has 5 nitrogen and oxygen atoms in total. The molecule has 1 aliphatic rings. The molecule has 2 aromatic carbocycles. The van der Waals surface area contributed by atoms with Crippen LogP contribution < -0.4 is 9.75 Å². The van der Waals surface area contributed by atoms with Gasteiger partial charge in [-0.3, -0.25) is 4.79 Å². The molecule has 0 spiro atoms. The Morgan fingerprint density at radius 3 is 2.46 bits per heavy atom. The van der Waals surface area contributed by atoms with Gasteiger partial charge in [-0.1, -0.05) is 53.8 Å². The number of rotatable bonds is 5. The fraction of sp³-hybridized carbons (Fsp3) is 0.227. The van der Waals surface area contributed by atoms with Crippen molar-refractivity contribution < 1.29 is 9.53 Å². The summed E-state index contributed by atoms with van der Waals surface area (Å²) in [4.78, 5) is 17.2. The highest BCUT2D eigenvalue weighted by atomic mass is 32.1. The van der Waals surface area contributed by atoms with Crippen LogP contribution in [0.4, 0.5) is 5.13 Å². The Kier molecular flexibility index (Phi) is 4.96. The summed E-state index contributed by atoms with van der Waals surface area (Å²) < 4.78 is 5.29. The molecule has 142 valence electrons. The van der Waals surface area contributed by atoms with Crippen molar-refractivity contribution in [1.82, 2.24) is 4.98 Å². The minimum absolute atomic E-state index is 0.0199. The Labute approximate surface area is 168 Å². The highest BCUT2D eigenvalue weighted by molar-refractivity contribution is 7.17. The standard InChI is InChI=1S/C22H21N3O2S/c1-14-21(15(2)26)28-22(23-14)25-20(17-9-11-18(27-3)12-10-17)13-19(24-25)16-7-5-4-6-8-16/h4-12,20H,13H2,1-3H3. The second-order valence-electron chi connectivity index (χ2n) is 6.72. The number of aromatic nitrogens is 1. The first-order valence-electron chi connectivity index (χ1n) is 9.11. The van der Waals surface area contributed by atoms with Gasteiger partial charge in [0.2, 0.25) is 5.13 Å². The molecule has 0 aliphatic carbocycles. The number of methoxy groups -OCH3 is 1. The predicted octanol–water partition coefficient (Wildman–Crippen LogP) is 5.02. The number of hydrogen-bond acceptors (Lipinski definition) is 6. The Balaban J connectivity index is 1.75.